The first-order valence-corrected chi connectivity index (χ1v) is 8.44. The van der Waals surface area contributed by atoms with Crippen molar-refractivity contribution < 1.29 is 0 Å². The molecule has 2 aliphatic heterocycles. The van der Waals surface area contributed by atoms with Gasteiger partial charge in [0.05, 0.1) is 6.54 Å². The summed E-state index contributed by atoms with van der Waals surface area (Å²) in [5, 5.41) is 2.94. The van der Waals surface area contributed by atoms with Crippen LogP contribution in [0.4, 0.5) is 0 Å². The molecule has 3 rings (SSSR count). The number of rotatable bonds is 2. The van der Waals surface area contributed by atoms with E-state index in [1.165, 1.54) is 17.2 Å². The Morgan fingerprint density at radius 3 is 2.89 bits per heavy atom. The van der Waals surface area contributed by atoms with E-state index in [1.54, 1.807) is 0 Å². The van der Waals surface area contributed by atoms with Crippen molar-refractivity contribution in [3.05, 3.63) is 35.9 Å². The third kappa shape index (κ3) is 2.59. The molecule has 0 bridgehead atoms. The molecule has 1 aromatic rings. The predicted octanol–water partition coefficient (Wildman–Crippen LogP) is 3.34. The predicted molar refractivity (Wildman–Crippen MR) is 82.8 cm³/mol. The van der Waals surface area contributed by atoms with Gasteiger partial charge in [0.2, 0.25) is 0 Å². The second kappa shape index (κ2) is 5.66. The van der Waals surface area contributed by atoms with Crippen molar-refractivity contribution >= 4 is 32.9 Å². The number of nitrogens with zero attached hydrogens (tertiary/aromatic N) is 2. The van der Waals surface area contributed by atoms with Crippen molar-refractivity contribution in [3.63, 3.8) is 0 Å². The zero-order valence-corrected chi connectivity index (χ0v) is 12.7. The molecule has 1 saturated heterocycles. The summed E-state index contributed by atoms with van der Waals surface area (Å²) in [6.45, 7) is 3.25. The van der Waals surface area contributed by atoms with Crippen LogP contribution in [-0.4, -0.2) is 40.3 Å². The summed E-state index contributed by atoms with van der Waals surface area (Å²) in [6, 6.07) is 10.9. The quantitative estimate of drug-likeness (QED) is 0.775. The van der Waals surface area contributed by atoms with Crippen molar-refractivity contribution in [2.24, 2.45) is 4.99 Å². The van der Waals surface area contributed by atoms with Gasteiger partial charge in [-0.1, -0.05) is 58.0 Å². The highest BCUT2D eigenvalue weighted by atomic mass is 79.9. The monoisotopic (exact) mass is 324 g/mol. The van der Waals surface area contributed by atoms with Crippen LogP contribution in [0.15, 0.2) is 35.3 Å². The summed E-state index contributed by atoms with van der Waals surface area (Å²) >= 11 is 5.48. The number of hydrogen-bond acceptors (Lipinski definition) is 3. The SMILES string of the molecule is BrCC1CN=C(N2CCC(c3ccccc3)C2)S1. The lowest BCUT2D eigenvalue weighted by Crippen LogP contribution is -2.25. The second-order valence-electron chi connectivity index (χ2n) is 4.86. The molecule has 18 heavy (non-hydrogen) atoms. The highest BCUT2D eigenvalue weighted by molar-refractivity contribution is 9.09. The number of hydrogen-bond donors (Lipinski definition) is 0. The lowest BCUT2D eigenvalue weighted by atomic mass is 9.99. The van der Waals surface area contributed by atoms with Gasteiger partial charge in [-0.05, 0) is 12.0 Å². The topological polar surface area (TPSA) is 15.6 Å². The molecular weight excluding hydrogens is 308 g/mol. The van der Waals surface area contributed by atoms with E-state index in [-0.39, 0.29) is 0 Å². The Bertz CT molecular complexity index is 435. The van der Waals surface area contributed by atoms with Crippen molar-refractivity contribution in [3.8, 4) is 0 Å². The molecule has 0 amide bonds. The summed E-state index contributed by atoms with van der Waals surface area (Å²) < 4.78 is 0. The molecule has 1 fully saturated rings. The minimum Gasteiger partial charge on any atom is -0.351 e. The van der Waals surface area contributed by atoms with Gasteiger partial charge in [0.25, 0.3) is 0 Å². The molecule has 2 atom stereocenters. The van der Waals surface area contributed by atoms with Gasteiger partial charge in [0, 0.05) is 29.6 Å². The third-order valence-electron chi connectivity index (χ3n) is 3.60. The Morgan fingerprint density at radius 1 is 1.33 bits per heavy atom. The summed E-state index contributed by atoms with van der Waals surface area (Å²) in [5.41, 5.74) is 1.47. The smallest absolute Gasteiger partial charge is 0.159 e. The highest BCUT2D eigenvalue weighted by Crippen LogP contribution is 2.32. The number of amidine groups is 1. The van der Waals surface area contributed by atoms with Gasteiger partial charge in [-0.3, -0.25) is 4.99 Å². The number of aliphatic imine (C=N–C) groups is 1. The Labute approximate surface area is 121 Å². The van der Waals surface area contributed by atoms with Crippen LogP contribution in [0.3, 0.4) is 0 Å². The van der Waals surface area contributed by atoms with E-state index in [9.17, 15) is 0 Å². The van der Waals surface area contributed by atoms with Crippen LogP contribution in [0.2, 0.25) is 0 Å². The highest BCUT2D eigenvalue weighted by Gasteiger charge is 2.29. The average Bonchev–Trinajstić information content (AvgIpc) is 3.08. The van der Waals surface area contributed by atoms with E-state index in [0.29, 0.717) is 11.2 Å². The summed E-state index contributed by atoms with van der Waals surface area (Å²) in [7, 11) is 0. The standard InChI is InChI=1S/C14H17BrN2S/c15-8-13-9-16-14(18-13)17-7-6-12(10-17)11-4-2-1-3-5-11/h1-5,12-13H,6-10H2. The number of benzene rings is 1. The van der Waals surface area contributed by atoms with Crippen LogP contribution in [0, 0.1) is 0 Å². The number of alkyl halides is 1. The molecule has 1 aromatic carbocycles. The lowest BCUT2D eigenvalue weighted by molar-refractivity contribution is 0.520. The molecule has 2 aliphatic rings. The van der Waals surface area contributed by atoms with Crippen molar-refractivity contribution in [1.29, 1.82) is 0 Å². The molecular formula is C14H17BrN2S. The zero-order valence-electron chi connectivity index (χ0n) is 10.3. The first-order valence-electron chi connectivity index (χ1n) is 6.44. The zero-order chi connectivity index (χ0) is 12.4. The van der Waals surface area contributed by atoms with E-state index in [1.807, 2.05) is 11.8 Å². The summed E-state index contributed by atoms with van der Waals surface area (Å²) in [6.07, 6.45) is 1.25. The maximum atomic E-state index is 4.67. The molecule has 0 spiro atoms. The molecule has 0 aliphatic carbocycles. The van der Waals surface area contributed by atoms with Crippen LogP contribution in [0.1, 0.15) is 17.9 Å². The molecule has 0 aromatic heterocycles. The fourth-order valence-electron chi connectivity index (χ4n) is 2.59. The van der Waals surface area contributed by atoms with E-state index < -0.39 is 0 Å². The first kappa shape index (κ1) is 12.5. The molecule has 2 heterocycles. The maximum Gasteiger partial charge on any atom is 0.159 e. The van der Waals surface area contributed by atoms with E-state index in [4.69, 9.17) is 0 Å². The van der Waals surface area contributed by atoms with Gasteiger partial charge >= 0.3 is 0 Å². The molecule has 0 radical (unpaired) electrons. The average molecular weight is 325 g/mol. The molecule has 2 nitrogen and oxygen atoms in total. The second-order valence-corrected chi connectivity index (χ2v) is 6.77. The van der Waals surface area contributed by atoms with Crippen LogP contribution < -0.4 is 0 Å². The molecule has 0 saturated carbocycles. The normalized spacial score (nSPS) is 27.6. The Balaban J connectivity index is 1.63. The van der Waals surface area contributed by atoms with Crippen LogP contribution in [0.5, 0.6) is 0 Å². The molecule has 2 unspecified atom stereocenters. The van der Waals surface area contributed by atoms with Gasteiger partial charge in [0.15, 0.2) is 5.17 Å². The van der Waals surface area contributed by atoms with E-state index >= 15 is 0 Å². The van der Waals surface area contributed by atoms with Crippen LogP contribution in [-0.2, 0) is 0 Å². The van der Waals surface area contributed by atoms with Crippen molar-refractivity contribution in [2.45, 2.75) is 17.6 Å². The van der Waals surface area contributed by atoms with E-state index in [0.717, 1.165) is 25.0 Å². The fraction of sp³-hybridized carbons (Fsp3) is 0.500. The molecule has 4 heteroatoms. The van der Waals surface area contributed by atoms with Gasteiger partial charge in [0.1, 0.15) is 0 Å². The van der Waals surface area contributed by atoms with Crippen LogP contribution >= 0.6 is 27.7 Å². The number of likely N-dealkylation sites (tertiary alicyclic amines) is 1. The summed E-state index contributed by atoms with van der Waals surface area (Å²) in [5.74, 6) is 0.678. The Hall–Kier alpha value is -0.480. The Morgan fingerprint density at radius 2 is 2.17 bits per heavy atom. The third-order valence-corrected chi connectivity index (χ3v) is 6.06. The van der Waals surface area contributed by atoms with Gasteiger partial charge in [-0.15, -0.1) is 0 Å². The van der Waals surface area contributed by atoms with Crippen molar-refractivity contribution in [1.82, 2.24) is 4.90 Å². The van der Waals surface area contributed by atoms with Gasteiger partial charge in [-0.25, -0.2) is 0 Å². The van der Waals surface area contributed by atoms with Gasteiger partial charge < -0.3 is 4.90 Å². The lowest BCUT2D eigenvalue weighted by Gasteiger charge is -2.18. The Kier molecular flexibility index (Phi) is 3.94. The molecule has 0 N–H and O–H groups in total. The van der Waals surface area contributed by atoms with Crippen LogP contribution in [0.25, 0.3) is 0 Å². The maximum absolute atomic E-state index is 4.67. The minimum atomic E-state index is 0.635. The number of halogens is 1. The minimum absolute atomic E-state index is 0.635. The molecule has 96 valence electrons. The number of thioether (sulfide) groups is 1. The first-order chi connectivity index (χ1) is 8.86. The summed E-state index contributed by atoms with van der Waals surface area (Å²) in [4.78, 5) is 7.14. The largest absolute Gasteiger partial charge is 0.351 e. The van der Waals surface area contributed by atoms with E-state index in [2.05, 4.69) is 56.2 Å². The van der Waals surface area contributed by atoms with Crippen molar-refractivity contribution in [2.75, 3.05) is 25.0 Å². The van der Waals surface area contributed by atoms with Gasteiger partial charge in [-0.2, -0.15) is 0 Å². The fourth-order valence-corrected chi connectivity index (χ4v) is 4.17.